The van der Waals surface area contributed by atoms with Crippen molar-refractivity contribution < 1.29 is 0 Å². The smallest absolute Gasteiger partial charge is 0.0208 e. The monoisotopic (exact) mass is 215 g/mol. The van der Waals surface area contributed by atoms with Gasteiger partial charge in [0, 0.05) is 12.6 Å². The number of aryl methyl sites for hydroxylation is 1. The van der Waals surface area contributed by atoms with Gasteiger partial charge >= 0.3 is 0 Å². The van der Waals surface area contributed by atoms with E-state index < -0.39 is 0 Å². The summed E-state index contributed by atoms with van der Waals surface area (Å²) in [7, 11) is 0. The van der Waals surface area contributed by atoms with Crippen molar-refractivity contribution in [3.8, 4) is 0 Å². The fourth-order valence-electron chi connectivity index (χ4n) is 2.77. The van der Waals surface area contributed by atoms with E-state index in [2.05, 4.69) is 30.4 Å². The third-order valence-corrected chi connectivity index (χ3v) is 3.99. The first-order valence-electron chi connectivity index (χ1n) is 6.68. The second-order valence-corrected chi connectivity index (χ2v) is 5.48. The summed E-state index contributed by atoms with van der Waals surface area (Å²) < 4.78 is 0. The summed E-state index contributed by atoms with van der Waals surface area (Å²) in [5.74, 6) is 0.772. The molecule has 1 atom stereocenters. The molecule has 0 saturated heterocycles. The Morgan fingerprint density at radius 3 is 2.94 bits per heavy atom. The maximum absolute atomic E-state index is 3.59. The van der Waals surface area contributed by atoms with Crippen molar-refractivity contribution in [2.75, 3.05) is 0 Å². The third kappa shape index (κ3) is 2.15. The highest BCUT2D eigenvalue weighted by molar-refractivity contribution is 5.36. The van der Waals surface area contributed by atoms with Crippen molar-refractivity contribution in [3.63, 3.8) is 0 Å². The summed E-state index contributed by atoms with van der Waals surface area (Å²) in [6, 6.07) is 7.93. The molecule has 2 aliphatic rings. The van der Waals surface area contributed by atoms with Crippen LogP contribution in [0.3, 0.4) is 0 Å². The van der Waals surface area contributed by atoms with E-state index in [4.69, 9.17) is 0 Å². The van der Waals surface area contributed by atoms with Gasteiger partial charge in [0.25, 0.3) is 0 Å². The zero-order valence-electron chi connectivity index (χ0n) is 10.1. The van der Waals surface area contributed by atoms with Crippen LogP contribution in [0.2, 0.25) is 0 Å². The molecule has 3 rings (SSSR count). The Bertz CT molecular complexity index is 379. The maximum Gasteiger partial charge on any atom is 0.0208 e. The lowest BCUT2D eigenvalue weighted by molar-refractivity contribution is 0.588. The number of rotatable bonds is 3. The first-order valence-corrected chi connectivity index (χ1v) is 6.68. The Kier molecular flexibility index (Phi) is 2.72. The minimum Gasteiger partial charge on any atom is -0.310 e. The predicted molar refractivity (Wildman–Crippen MR) is 67.7 cm³/mol. The van der Waals surface area contributed by atoms with Gasteiger partial charge in [-0.15, -0.1) is 0 Å². The van der Waals surface area contributed by atoms with Gasteiger partial charge in [0.15, 0.2) is 0 Å². The van der Waals surface area contributed by atoms with Gasteiger partial charge < -0.3 is 5.32 Å². The van der Waals surface area contributed by atoms with Crippen LogP contribution < -0.4 is 5.32 Å². The molecule has 1 fully saturated rings. The van der Waals surface area contributed by atoms with Gasteiger partial charge in [-0.05, 0) is 54.7 Å². The molecule has 0 amide bonds. The summed E-state index contributed by atoms with van der Waals surface area (Å²) >= 11 is 0. The van der Waals surface area contributed by atoms with E-state index in [1.807, 2.05) is 0 Å². The maximum atomic E-state index is 3.59. The lowest BCUT2D eigenvalue weighted by Gasteiger charge is -2.23. The minimum absolute atomic E-state index is 0.772. The zero-order valence-corrected chi connectivity index (χ0v) is 10.1. The summed E-state index contributed by atoms with van der Waals surface area (Å²) in [4.78, 5) is 0. The molecule has 1 nitrogen and oxygen atoms in total. The van der Waals surface area contributed by atoms with Crippen LogP contribution in [0.1, 0.15) is 55.2 Å². The SMILES string of the molecule is CC1CCCc2cc(CNC3CC3)ccc21. The Labute approximate surface area is 98.3 Å². The van der Waals surface area contributed by atoms with Crippen molar-refractivity contribution in [2.45, 2.75) is 57.5 Å². The van der Waals surface area contributed by atoms with Crippen LogP contribution in [0.15, 0.2) is 18.2 Å². The van der Waals surface area contributed by atoms with Gasteiger partial charge in [-0.1, -0.05) is 25.1 Å². The highest BCUT2D eigenvalue weighted by Gasteiger charge is 2.20. The van der Waals surface area contributed by atoms with Crippen LogP contribution in [0, 0.1) is 0 Å². The summed E-state index contributed by atoms with van der Waals surface area (Å²) in [6.45, 7) is 3.42. The molecule has 0 spiro atoms. The van der Waals surface area contributed by atoms with Gasteiger partial charge in [0.2, 0.25) is 0 Å². The highest BCUT2D eigenvalue weighted by Crippen LogP contribution is 2.31. The highest BCUT2D eigenvalue weighted by atomic mass is 14.9. The summed E-state index contributed by atoms with van der Waals surface area (Å²) in [6.07, 6.45) is 6.78. The molecule has 0 heterocycles. The molecule has 1 aromatic carbocycles. The van der Waals surface area contributed by atoms with Crippen molar-refractivity contribution in [2.24, 2.45) is 0 Å². The van der Waals surface area contributed by atoms with Crippen molar-refractivity contribution in [1.29, 1.82) is 0 Å². The van der Waals surface area contributed by atoms with Crippen LogP contribution in [0.5, 0.6) is 0 Å². The summed E-state index contributed by atoms with van der Waals surface area (Å²) in [5.41, 5.74) is 4.68. The molecule has 0 bridgehead atoms. The first kappa shape index (κ1) is 10.3. The summed E-state index contributed by atoms with van der Waals surface area (Å²) in [5, 5.41) is 3.59. The van der Waals surface area contributed by atoms with E-state index in [1.165, 1.54) is 37.7 Å². The zero-order chi connectivity index (χ0) is 11.0. The van der Waals surface area contributed by atoms with Gasteiger partial charge in [-0.2, -0.15) is 0 Å². The van der Waals surface area contributed by atoms with Gasteiger partial charge in [-0.25, -0.2) is 0 Å². The Balaban J connectivity index is 1.75. The molecular formula is C15H21N. The predicted octanol–water partition coefficient (Wildman–Crippen LogP) is 3.38. The number of hydrogen-bond donors (Lipinski definition) is 1. The van der Waals surface area contributed by atoms with Gasteiger partial charge in [0.05, 0.1) is 0 Å². The fraction of sp³-hybridized carbons (Fsp3) is 0.600. The topological polar surface area (TPSA) is 12.0 Å². The fourth-order valence-corrected chi connectivity index (χ4v) is 2.77. The van der Waals surface area contributed by atoms with Gasteiger partial charge in [-0.3, -0.25) is 0 Å². The molecule has 0 radical (unpaired) electrons. The Hall–Kier alpha value is -0.820. The largest absolute Gasteiger partial charge is 0.310 e. The van der Waals surface area contributed by atoms with Crippen molar-refractivity contribution >= 4 is 0 Å². The normalized spacial score (nSPS) is 24.2. The number of hydrogen-bond acceptors (Lipinski definition) is 1. The number of benzene rings is 1. The molecular weight excluding hydrogens is 194 g/mol. The van der Waals surface area contributed by atoms with E-state index in [0.29, 0.717) is 0 Å². The van der Waals surface area contributed by atoms with E-state index in [0.717, 1.165) is 18.5 Å². The van der Waals surface area contributed by atoms with Crippen molar-refractivity contribution in [1.82, 2.24) is 5.32 Å². The van der Waals surface area contributed by atoms with Gasteiger partial charge in [0.1, 0.15) is 0 Å². The molecule has 2 aliphatic carbocycles. The second kappa shape index (κ2) is 4.21. The van der Waals surface area contributed by atoms with E-state index in [-0.39, 0.29) is 0 Å². The Morgan fingerprint density at radius 2 is 2.12 bits per heavy atom. The standard InChI is InChI=1S/C15H21N/c1-11-3-2-4-13-9-12(5-8-15(11)13)10-16-14-6-7-14/h5,8-9,11,14,16H,2-4,6-7,10H2,1H3. The van der Waals surface area contributed by atoms with Crippen LogP contribution in [0.25, 0.3) is 0 Å². The molecule has 0 aliphatic heterocycles. The van der Waals surface area contributed by atoms with E-state index in [9.17, 15) is 0 Å². The third-order valence-electron chi connectivity index (χ3n) is 3.99. The lowest BCUT2D eigenvalue weighted by atomic mass is 9.83. The molecule has 0 aromatic heterocycles. The second-order valence-electron chi connectivity index (χ2n) is 5.48. The van der Waals surface area contributed by atoms with Crippen LogP contribution in [-0.4, -0.2) is 6.04 Å². The van der Waals surface area contributed by atoms with Crippen LogP contribution in [-0.2, 0) is 13.0 Å². The lowest BCUT2D eigenvalue weighted by Crippen LogP contribution is -2.16. The van der Waals surface area contributed by atoms with Crippen molar-refractivity contribution in [3.05, 3.63) is 34.9 Å². The Morgan fingerprint density at radius 1 is 1.25 bits per heavy atom. The molecule has 1 N–H and O–H groups in total. The molecule has 16 heavy (non-hydrogen) atoms. The molecule has 1 saturated carbocycles. The molecule has 86 valence electrons. The molecule has 1 aromatic rings. The number of fused-ring (bicyclic) bond motifs is 1. The molecule has 1 unspecified atom stereocenters. The average molecular weight is 215 g/mol. The quantitative estimate of drug-likeness (QED) is 0.815. The average Bonchev–Trinajstić information content (AvgIpc) is 3.10. The van der Waals surface area contributed by atoms with Crippen LogP contribution >= 0.6 is 0 Å². The van der Waals surface area contributed by atoms with Crippen LogP contribution in [0.4, 0.5) is 0 Å². The number of nitrogens with one attached hydrogen (secondary N) is 1. The minimum atomic E-state index is 0.772. The van der Waals surface area contributed by atoms with E-state index >= 15 is 0 Å². The first-order chi connectivity index (χ1) is 7.83. The van der Waals surface area contributed by atoms with E-state index in [1.54, 1.807) is 11.1 Å². The molecule has 1 heteroatoms.